The highest BCUT2D eigenvalue weighted by Gasteiger charge is 2.51. The molecular formula is C19H19BrFN3O3S. The summed E-state index contributed by atoms with van der Waals surface area (Å²) in [6.07, 6.45) is -0.364. The highest BCUT2D eigenvalue weighted by Crippen LogP contribution is 2.42. The molecule has 28 heavy (non-hydrogen) atoms. The number of rotatable bonds is 3. The van der Waals surface area contributed by atoms with Crippen molar-refractivity contribution < 1.29 is 18.7 Å². The van der Waals surface area contributed by atoms with E-state index in [9.17, 15) is 9.18 Å². The van der Waals surface area contributed by atoms with Gasteiger partial charge in [0.25, 0.3) is 5.91 Å². The number of nitrogens with zero attached hydrogens (tertiary/aromatic N) is 3. The Hall–Kier alpha value is -1.58. The first-order valence-electron chi connectivity index (χ1n) is 9.37. The predicted octanol–water partition coefficient (Wildman–Crippen LogP) is 3.25. The zero-order chi connectivity index (χ0) is 19.3. The Labute approximate surface area is 174 Å². The number of carbonyl (C=O) groups excluding carboxylic acids is 1. The molecule has 2 fully saturated rings. The number of likely N-dealkylation sites (tertiary alicyclic amines) is 1. The number of carbonyl (C=O) groups is 1. The molecule has 3 aliphatic rings. The lowest BCUT2D eigenvalue weighted by molar-refractivity contribution is 0.0669. The minimum atomic E-state index is -1.05. The third-order valence-electron chi connectivity index (χ3n) is 5.79. The van der Waals surface area contributed by atoms with Gasteiger partial charge in [0.15, 0.2) is 0 Å². The number of aromatic nitrogens is 2. The van der Waals surface area contributed by atoms with Gasteiger partial charge in [0.2, 0.25) is 5.88 Å². The fraction of sp³-hybridized carbons (Fsp3) is 0.526. The Balaban J connectivity index is 1.29. The Bertz CT molecular complexity index is 870. The van der Waals surface area contributed by atoms with Gasteiger partial charge in [-0.05, 0) is 46.0 Å². The van der Waals surface area contributed by atoms with Gasteiger partial charge in [-0.3, -0.25) is 4.79 Å². The van der Waals surface area contributed by atoms with Crippen LogP contribution in [0.1, 0.15) is 26.5 Å². The maximum Gasteiger partial charge on any atom is 0.263 e. The summed E-state index contributed by atoms with van der Waals surface area (Å²) >= 11 is 4.79. The highest BCUT2D eigenvalue weighted by molar-refractivity contribution is 9.10. The number of halogens is 2. The second-order valence-corrected chi connectivity index (χ2v) is 9.47. The average molecular weight is 468 g/mol. The third-order valence-corrected chi connectivity index (χ3v) is 7.44. The van der Waals surface area contributed by atoms with Gasteiger partial charge in [0, 0.05) is 36.4 Å². The zero-order valence-corrected chi connectivity index (χ0v) is 17.4. The van der Waals surface area contributed by atoms with Gasteiger partial charge in [-0.1, -0.05) is 0 Å². The molecular weight excluding hydrogens is 449 g/mol. The van der Waals surface area contributed by atoms with Crippen molar-refractivity contribution in [2.24, 2.45) is 11.8 Å². The minimum absolute atomic E-state index is 0.0256. The van der Waals surface area contributed by atoms with Gasteiger partial charge >= 0.3 is 0 Å². The summed E-state index contributed by atoms with van der Waals surface area (Å²) in [5.74, 6) is 0.436. The van der Waals surface area contributed by atoms with Crippen molar-refractivity contribution in [2.75, 3.05) is 19.7 Å². The molecule has 6 nitrogen and oxygen atoms in total. The SMILES string of the molecule is O=C(c1cc2c(s1)CCOC2)N1C[C@@H]2C[C@H](F)[C@@H](Oc3ccc(Br)nn3)[C@@H]2C1. The smallest absolute Gasteiger partial charge is 0.263 e. The van der Waals surface area contributed by atoms with Crippen LogP contribution in [0.15, 0.2) is 22.8 Å². The van der Waals surface area contributed by atoms with Crippen LogP contribution in [0, 0.1) is 11.8 Å². The Morgan fingerprint density at radius 1 is 1.36 bits per heavy atom. The first-order valence-corrected chi connectivity index (χ1v) is 11.0. The van der Waals surface area contributed by atoms with Gasteiger partial charge in [-0.2, -0.15) is 0 Å². The zero-order valence-electron chi connectivity index (χ0n) is 15.0. The van der Waals surface area contributed by atoms with E-state index in [1.807, 2.05) is 11.0 Å². The molecule has 148 valence electrons. The highest BCUT2D eigenvalue weighted by atomic mass is 79.9. The van der Waals surface area contributed by atoms with Crippen molar-refractivity contribution in [2.45, 2.75) is 31.7 Å². The van der Waals surface area contributed by atoms with Crippen molar-refractivity contribution >= 4 is 33.2 Å². The molecule has 5 rings (SSSR count). The number of amides is 1. The molecule has 4 heterocycles. The molecule has 0 bridgehead atoms. The molecule has 0 N–H and O–H groups in total. The van der Waals surface area contributed by atoms with E-state index in [2.05, 4.69) is 26.1 Å². The lowest BCUT2D eigenvalue weighted by Crippen LogP contribution is -2.36. The van der Waals surface area contributed by atoms with Crippen molar-refractivity contribution in [3.63, 3.8) is 0 Å². The third kappa shape index (κ3) is 3.33. The van der Waals surface area contributed by atoms with Crippen molar-refractivity contribution in [1.82, 2.24) is 15.1 Å². The molecule has 0 spiro atoms. The van der Waals surface area contributed by atoms with Gasteiger partial charge < -0.3 is 14.4 Å². The van der Waals surface area contributed by atoms with Crippen LogP contribution in [-0.4, -0.2) is 53.0 Å². The standard InChI is InChI=1S/C19H19BrFN3O3S/c20-16-1-2-17(23-22-16)27-18-12-8-24(7-10(12)5-13(18)21)19(25)15-6-11-9-26-4-3-14(11)28-15/h1-2,6,10,12-13,18H,3-5,7-9H2/t10-,12+,13-,18-/m0/s1. The molecule has 2 aromatic heterocycles. The van der Waals surface area contributed by atoms with Crippen LogP contribution in [0.4, 0.5) is 4.39 Å². The molecule has 2 aliphatic heterocycles. The normalized spacial score (nSPS) is 28.9. The molecule has 1 saturated carbocycles. The van der Waals surface area contributed by atoms with Gasteiger partial charge in [-0.25, -0.2) is 4.39 Å². The number of hydrogen-bond acceptors (Lipinski definition) is 6. The van der Waals surface area contributed by atoms with E-state index in [0.29, 0.717) is 43.2 Å². The predicted molar refractivity (Wildman–Crippen MR) is 104 cm³/mol. The van der Waals surface area contributed by atoms with Gasteiger partial charge in [0.1, 0.15) is 16.9 Å². The second kappa shape index (κ2) is 7.35. The van der Waals surface area contributed by atoms with Crippen LogP contribution in [-0.2, 0) is 17.8 Å². The molecule has 2 aromatic rings. The lowest BCUT2D eigenvalue weighted by Gasteiger charge is -2.22. The Morgan fingerprint density at radius 3 is 3.04 bits per heavy atom. The summed E-state index contributed by atoms with van der Waals surface area (Å²) in [6, 6.07) is 5.35. The number of ether oxygens (including phenoxy) is 2. The van der Waals surface area contributed by atoms with E-state index in [1.165, 1.54) is 4.88 Å². The maximum atomic E-state index is 14.6. The maximum absolute atomic E-state index is 14.6. The molecule has 1 amide bonds. The summed E-state index contributed by atoms with van der Waals surface area (Å²) in [6.45, 7) is 2.38. The monoisotopic (exact) mass is 467 g/mol. The second-order valence-electron chi connectivity index (χ2n) is 7.52. The Morgan fingerprint density at radius 2 is 2.25 bits per heavy atom. The minimum Gasteiger partial charge on any atom is -0.470 e. The summed E-state index contributed by atoms with van der Waals surface area (Å²) in [7, 11) is 0. The van der Waals surface area contributed by atoms with E-state index in [-0.39, 0.29) is 17.7 Å². The number of alkyl halides is 1. The number of hydrogen-bond donors (Lipinski definition) is 0. The fourth-order valence-corrected chi connectivity index (χ4v) is 5.78. The van der Waals surface area contributed by atoms with Crippen LogP contribution < -0.4 is 4.74 Å². The molecule has 0 unspecified atom stereocenters. The summed E-state index contributed by atoms with van der Waals surface area (Å²) in [5, 5.41) is 7.85. The first kappa shape index (κ1) is 18.4. The van der Waals surface area contributed by atoms with E-state index < -0.39 is 12.3 Å². The largest absolute Gasteiger partial charge is 0.470 e. The van der Waals surface area contributed by atoms with Crippen LogP contribution in [0.5, 0.6) is 5.88 Å². The molecule has 4 atom stereocenters. The van der Waals surface area contributed by atoms with E-state index in [4.69, 9.17) is 9.47 Å². The molecule has 9 heteroatoms. The van der Waals surface area contributed by atoms with Crippen LogP contribution >= 0.6 is 27.3 Å². The number of fused-ring (bicyclic) bond motifs is 2. The summed E-state index contributed by atoms with van der Waals surface area (Å²) in [4.78, 5) is 16.9. The van der Waals surface area contributed by atoms with E-state index in [1.54, 1.807) is 23.5 Å². The molecule has 1 saturated heterocycles. The topological polar surface area (TPSA) is 64.5 Å². The summed E-state index contributed by atoms with van der Waals surface area (Å²) < 4.78 is 26.5. The van der Waals surface area contributed by atoms with Gasteiger partial charge in [-0.15, -0.1) is 21.5 Å². The van der Waals surface area contributed by atoms with E-state index >= 15 is 0 Å². The van der Waals surface area contributed by atoms with Crippen molar-refractivity contribution in [1.29, 1.82) is 0 Å². The quantitative estimate of drug-likeness (QED) is 0.692. The lowest BCUT2D eigenvalue weighted by atomic mass is 9.99. The molecule has 1 aliphatic carbocycles. The Kier molecular flexibility index (Phi) is 4.84. The fourth-order valence-electron chi connectivity index (χ4n) is 4.45. The van der Waals surface area contributed by atoms with Crippen molar-refractivity contribution in [3.05, 3.63) is 38.1 Å². The van der Waals surface area contributed by atoms with Crippen LogP contribution in [0.3, 0.4) is 0 Å². The summed E-state index contributed by atoms with van der Waals surface area (Å²) in [5.41, 5.74) is 1.12. The van der Waals surface area contributed by atoms with Gasteiger partial charge in [0.05, 0.1) is 18.1 Å². The van der Waals surface area contributed by atoms with Crippen molar-refractivity contribution in [3.8, 4) is 5.88 Å². The number of thiophene rings is 1. The van der Waals surface area contributed by atoms with Crippen LogP contribution in [0.2, 0.25) is 0 Å². The van der Waals surface area contributed by atoms with E-state index in [0.717, 1.165) is 16.9 Å². The average Bonchev–Trinajstić information content (AvgIpc) is 3.37. The molecule has 0 aromatic carbocycles. The molecule has 0 radical (unpaired) electrons. The van der Waals surface area contributed by atoms with Crippen LogP contribution in [0.25, 0.3) is 0 Å². The first-order chi connectivity index (χ1) is 13.6.